The summed E-state index contributed by atoms with van der Waals surface area (Å²) in [4.78, 5) is 7.00. The Morgan fingerprint density at radius 3 is 2.39 bits per heavy atom. The molecule has 170 valence electrons. The third kappa shape index (κ3) is 4.60. The summed E-state index contributed by atoms with van der Waals surface area (Å²) >= 11 is 1.39. The van der Waals surface area contributed by atoms with Gasteiger partial charge in [-0.3, -0.25) is 0 Å². The molecule has 0 atom stereocenters. The Kier molecular flexibility index (Phi) is 5.83. The van der Waals surface area contributed by atoms with E-state index in [0.717, 1.165) is 34.6 Å². The number of hydrogen-bond acceptors (Lipinski definition) is 8. The van der Waals surface area contributed by atoms with E-state index in [2.05, 4.69) is 25.4 Å². The first-order chi connectivity index (χ1) is 15.9. The summed E-state index contributed by atoms with van der Waals surface area (Å²) in [6, 6.07) is 17.0. The lowest BCUT2D eigenvalue weighted by Crippen LogP contribution is -2.46. The Bertz CT molecular complexity index is 1380. The molecule has 0 amide bonds. The molecule has 10 heteroatoms. The third-order valence-electron chi connectivity index (χ3n) is 5.71. The van der Waals surface area contributed by atoms with Crippen LogP contribution in [-0.2, 0) is 10.0 Å². The monoisotopic (exact) mass is 480 g/mol. The Labute approximate surface area is 197 Å². The minimum Gasteiger partial charge on any atom is -0.315 e. The molecule has 4 aromatic rings. The second-order valence-electron chi connectivity index (χ2n) is 8.15. The van der Waals surface area contributed by atoms with Crippen molar-refractivity contribution in [1.82, 2.24) is 24.4 Å². The summed E-state index contributed by atoms with van der Waals surface area (Å²) in [7, 11) is -1.52. The van der Waals surface area contributed by atoms with Gasteiger partial charge < -0.3 is 10.2 Å². The molecule has 5 rings (SSSR count). The van der Waals surface area contributed by atoms with Gasteiger partial charge in [-0.2, -0.15) is 4.31 Å². The van der Waals surface area contributed by atoms with Crippen LogP contribution in [0.2, 0.25) is 0 Å². The number of hydrogen-bond donors (Lipinski definition) is 1. The number of sulfonamides is 1. The number of benzene rings is 2. The molecule has 33 heavy (non-hydrogen) atoms. The quantitative estimate of drug-likeness (QED) is 0.465. The molecule has 2 aromatic heterocycles. The van der Waals surface area contributed by atoms with Crippen LogP contribution in [0.25, 0.3) is 21.5 Å². The van der Waals surface area contributed by atoms with Crippen molar-refractivity contribution >= 4 is 42.5 Å². The molecule has 1 saturated heterocycles. The lowest BCUT2D eigenvalue weighted by Gasteiger charge is -2.31. The van der Waals surface area contributed by atoms with Crippen molar-refractivity contribution in [3.63, 3.8) is 0 Å². The van der Waals surface area contributed by atoms with E-state index >= 15 is 0 Å². The van der Waals surface area contributed by atoms with Crippen molar-refractivity contribution in [3.8, 4) is 11.3 Å². The zero-order valence-electron chi connectivity index (χ0n) is 18.4. The Hall–Kier alpha value is -2.92. The number of fused-ring (bicyclic) bond motifs is 1. The zero-order chi connectivity index (χ0) is 23.0. The number of nitrogens with one attached hydrogen (secondary N) is 1. The van der Waals surface area contributed by atoms with Gasteiger partial charge in [0.2, 0.25) is 10.0 Å². The number of piperazine rings is 1. The van der Waals surface area contributed by atoms with Crippen LogP contribution in [0.1, 0.15) is 5.56 Å². The Morgan fingerprint density at radius 1 is 0.939 bits per heavy atom. The van der Waals surface area contributed by atoms with Gasteiger partial charge >= 0.3 is 0 Å². The highest BCUT2D eigenvalue weighted by Crippen LogP contribution is 2.31. The fourth-order valence-corrected chi connectivity index (χ4v) is 6.12. The average molecular weight is 481 g/mol. The molecule has 0 spiro atoms. The molecule has 1 aliphatic heterocycles. The minimum atomic E-state index is -3.52. The SMILES string of the molecule is Cc1ccc(-c2ccc(Nc3nc4ccc(S(=O)(=O)N5CCN(C)CC5)cc4s3)nn2)cc1. The first kappa shape index (κ1) is 21.9. The van der Waals surface area contributed by atoms with Crippen LogP contribution in [0.3, 0.4) is 0 Å². The Balaban J connectivity index is 1.34. The van der Waals surface area contributed by atoms with E-state index in [0.29, 0.717) is 28.9 Å². The van der Waals surface area contributed by atoms with Crippen molar-refractivity contribution in [1.29, 1.82) is 0 Å². The number of thiazole rings is 1. The maximum Gasteiger partial charge on any atom is 0.243 e. The first-order valence-electron chi connectivity index (χ1n) is 10.7. The van der Waals surface area contributed by atoms with Crippen LogP contribution in [0, 0.1) is 6.92 Å². The normalized spacial score (nSPS) is 15.7. The van der Waals surface area contributed by atoms with Crippen LogP contribution in [0.4, 0.5) is 10.9 Å². The van der Waals surface area contributed by atoms with Crippen LogP contribution in [-0.4, -0.2) is 66.0 Å². The van der Waals surface area contributed by atoms with Gasteiger partial charge in [0, 0.05) is 31.7 Å². The second kappa shape index (κ2) is 8.79. The molecular weight excluding hydrogens is 456 g/mol. The lowest BCUT2D eigenvalue weighted by atomic mass is 10.1. The number of aromatic nitrogens is 3. The summed E-state index contributed by atoms with van der Waals surface area (Å²) in [6.45, 7) is 4.53. The highest BCUT2D eigenvalue weighted by Gasteiger charge is 2.27. The van der Waals surface area contributed by atoms with Crippen LogP contribution >= 0.6 is 11.3 Å². The standard InChI is InChI=1S/C23H24N6O2S2/c1-16-3-5-17(6-4-16)19-9-10-22(27-26-19)25-23-24-20-8-7-18(15-21(20)32-23)33(30,31)29-13-11-28(2)12-14-29/h3-10,15H,11-14H2,1-2H3,(H,24,25,27). The summed E-state index contributed by atoms with van der Waals surface area (Å²) in [5.41, 5.74) is 3.74. The molecule has 2 aromatic carbocycles. The van der Waals surface area contributed by atoms with Gasteiger partial charge in [-0.25, -0.2) is 13.4 Å². The highest BCUT2D eigenvalue weighted by atomic mass is 32.2. The summed E-state index contributed by atoms with van der Waals surface area (Å²) in [5, 5.41) is 12.4. The number of aryl methyl sites for hydroxylation is 1. The van der Waals surface area contributed by atoms with Crippen LogP contribution in [0.15, 0.2) is 59.5 Å². The molecule has 0 radical (unpaired) electrons. The maximum atomic E-state index is 13.1. The number of anilines is 2. The fourth-order valence-electron chi connectivity index (χ4n) is 3.68. The number of rotatable bonds is 5. The van der Waals surface area contributed by atoms with Crippen LogP contribution in [0.5, 0.6) is 0 Å². The van der Waals surface area contributed by atoms with Gasteiger partial charge in [0.15, 0.2) is 10.9 Å². The molecule has 3 heterocycles. The average Bonchev–Trinajstić information content (AvgIpc) is 3.22. The van der Waals surface area contributed by atoms with Crippen LogP contribution < -0.4 is 5.32 Å². The second-order valence-corrected chi connectivity index (χ2v) is 11.1. The summed E-state index contributed by atoms with van der Waals surface area (Å²) < 4.78 is 28.5. The number of nitrogens with zero attached hydrogens (tertiary/aromatic N) is 5. The van der Waals surface area contributed by atoms with Gasteiger partial charge in [-0.15, -0.1) is 10.2 Å². The van der Waals surface area contributed by atoms with E-state index in [-0.39, 0.29) is 0 Å². The topological polar surface area (TPSA) is 91.3 Å². The summed E-state index contributed by atoms with van der Waals surface area (Å²) in [6.07, 6.45) is 0. The zero-order valence-corrected chi connectivity index (χ0v) is 20.0. The van der Waals surface area contributed by atoms with E-state index in [1.165, 1.54) is 16.9 Å². The molecular formula is C23H24N6O2S2. The maximum absolute atomic E-state index is 13.1. The van der Waals surface area contributed by atoms with Crippen molar-refractivity contribution in [3.05, 3.63) is 60.2 Å². The molecule has 8 nitrogen and oxygen atoms in total. The first-order valence-corrected chi connectivity index (χ1v) is 12.9. The number of likely N-dealkylation sites (N-methyl/N-ethyl adjacent to an activating group) is 1. The fraction of sp³-hybridized carbons (Fsp3) is 0.261. The van der Waals surface area contributed by atoms with Crippen molar-refractivity contribution in [2.45, 2.75) is 11.8 Å². The molecule has 0 unspecified atom stereocenters. The van der Waals surface area contributed by atoms with E-state index in [9.17, 15) is 8.42 Å². The lowest BCUT2D eigenvalue weighted by molar-refractivity contribution is 0.222. The third-order valence-corrected chi connectivity index (χ3v) is 8.54. The van der Waals surface area contributed by atoms with Gasteiger partial charge in [0.05, 0.1) is 20.8 Å². The predicted octanol–water partition coefficient (Wildman–Crippen LogP) is 3.74. The molecule has 0 saturated carbocycles. The van der Waals surface area contributed by atoms with E-state index in [1.807, 2.05) is 50.4 Å². The summed E-state index contributed by atoms with van der Waals surface area (Å²) in [5.74, 6) is 0.579. The van der Waals surface area contributed by atoms with Crippen molar-refractivity contribution < 1.29 is 8.42 Å². The minimum absolute atomic E-state index is 0.303. The smallest absolute Gasteiger partial charge is 0.243 e. The molecule has 0 bridgehead atoms. The molecule has 0 aliphatic carbocycles. The largest absolute Gasteiger partial charge is 0.315 e. The Morgan fingerprint density at radius 2 is 1.70 bits per heavy atom. The van der Waals surface area contributed by atoms with Gasteiger partial charge in [-0.1, -0.05) is 41.2 Å². The van der Waals surface area contributed by atoms with Crippen molar-refractivity contribution in [2.75, 3.05) is 38.5 Å². The van der Waals surface area contributed by atoms with E-state index in [1.54, 1.807) is 22.5 Å². The molecule has 1 fully saturated rings. The van der Waals surface area contributed by atoms with E-state index < -0.39 is 10.0 Å². The van der Waals surface area contributed by atoms with Gasteiger partial charge in [0.1, 0.15) is 0 Å². The molecule has 1 aliphatic rings. The van der Waals surface area contributed by atoms with Crippen molar-refractivity contribution in [2.24, 2.45) is 0 Å². The van der Waals surface area contributed by atoms with Gasteiger partial charge in [0.25, 0.3) is 0 Å². The van der Waals surface area contributed by atoms with Gasteiger partial charge in [-0.05, 0) is 44.3 Å². The van der Waals surface area contributed by atoms with E-state index in [4.69, 9.17) is 0 Å². The predicted molar refractivity (Wildman–Crippen MR) is 131 cm³/mol. The molecule has 1 N–H and O–H groups in total. The highest BCUT2D eigenvalue weighted by molar-refractivity contribution is 7.89.